The van der Waals surface area contributed by atoms with Crippen molar-refractivity contribution in [2.45, 2.75) is 19.4 Å². The Balaban J connectivity index is 2.99. The third kappa shape index (κ3) is 2.69. The van der Waals surface area contributed by atoms with Gasteiger partial charge in [0.2, 0.25) is 0 Å². The van der Waals surface area contributed by atoms with Crippen molar-refractivity contribution in [1.29, 1.82) is 0 Å². The lowest BCUT2D eigenvalue weighted by Crippen LogP contribution is -2.05. The number of halogens is 1. The van der Waals surface area contributed by atoms with E-state index < -0.39 is 8.35 Å². The van der Waals surface area contributed by atoms with E-state index in [0.717, 1.165) is 0 Å². The maximum absolute atomic E-state index is 8.53. The molecule has 0 aromatic rings. The van der Waals surface area contributed by atoms with E-state index in [-0.39, 0.29) is 0 Å². The first-order valence-electron chi connectivity index (χ1n) is 1.96. The second kappa shape index (κ2) is 2.61. The van der Waals surface area contributed by atoms with Gasteiger partial charge in [0.1, 0.15) is 0 Å². The molecule has 0 saturated carbocycles. The van der Waals surface area contributed by atoms with Crippen molar-refractivity contribution in [1.82, 2.24) is 0 Å². The van der Waals surface area contributed by atoms with E-state index in [1.165, 1.54) is 0 Å². The maximum Gasteiger partial charge on any atom is 0.273 e. The monoisotopic (exact) mass is 124 g/mol. The molecule has 38 valence electrons. The molecule has 0 bridgehead atoms. The van der Waals surface area contributed by atoms with E-state index in [1.807, 2.05) is 13.8 Å². The molecule has 0 aliphatic rings. The molecule has 0 spiro atoms. The quantitative estimate of drug-likeness (QED) is 0.406. The Labute approximate surface area is 44.4 Å². The lowest BCUT2D eigenvalue weighted by molar-refractivity contribution is 0.578. The Morgan fingerprint density at radius 1 is 1.67 bits per heavy atom. The SMILES string of the molecule is CC(C)[SiH](O)Cl. The van der Waals surface area contributed by atoms with Gasteiger partial charge in [0, 0.05) is 0 Å². The minimum Gasteiger partial charge on any atom is -0.422 e. The summed E-state index contributed by atoms with van der Waals surface area (Å²) in [5.74, 6) is 0. The first-order chi connectivity index (χ1) is 2.64. The fourth-order valence-corrected chi connectivity index (χ4v) is 0. The van der Waals surface area contributed by atoms with E-state index in [4.69, 9.17) is 15.9 Å². The Kier molecular flexibility index (Phi) is 2.81. The third-order valence-corrected chi connectivity index (χ3v) is 3.16. The molecule has 0 amide bonds. The summed E-state index contributed by atoms with van der Waals surface area (Å²) in [4.78, 5) is 8.53. The number of hydrogen-bond acceptors (Lipinski definition) is 1. The fraction of sp³-hybridized carbons (Fsp3) is 1.00. The molecule has 0 fully saturated rings. The smallest absolute Gasteiger partial charge is 0.273 e. The van der Waals surface area contributed by atoms with Gasteiger partial charge in [-0.2, -0.15) is 0 Å². The van der Waals surface area contributed by atoms with Crippen LogP contribution in [0.15, 0.2) is 0 Å². The van der Waals surface area contributed by atoms with Crippen LogP contribution in [0.3, 0.4) is 0 Å². The van der Waals surface area contributed by atoms with Crippen LogP contribution in [0, 0.1) is 0 Å². The van der Waals surface area contributed by atoms with Gasteiger partial charge >= 0.3 is 0 Å². The van der Waals surface area contributed by atoms with Crippen LogP contribution >= 0.6 is 11.1 Å². The maximum atomic E-state index is 8.53. The lowest BCUT2D eigenvalue weighted by atomic mass is 10.6. The molecule has 0 radical (unpaired) electrons. The molecule has 1 atom stereocenters. The van der Waals surface area contributed by atoms with Crippen LogP contribution < -0.4 is 0 Å². The zero-order valence-corrected chi connectivity index (χ0v) is 5.89. The van der Waals surface area contributed by atoms with Gasteiger partial charge < -0.3 is 4.80 Å². The summed E-state index contributed by atoms with van der Waals surface area (Å²) in [7, 11) is -1.77. The molecule has 3 heteroatoms. The summed E-state index contributed by atoms with van der Waals surface area (Å²) in [5.41, 5.74) is 0.312. The van der Waals surface area contributed by atoms with Crippen molar-refractivity contribution in [2.24, 2.45) is 0 Å². The standard InChI is InChI=1S/C3H9ClOSi/c1-3(2)6(4)5/h3,5-6H,1-2H3. The van der Waals surface area contributed by atoms with Gasteiger partial charge in [-0.1, -0.05) is 13.8 Å². The van der Waals surface area contributed by atoms with Crippen LogP contribution in [0.25, 0.3) is 0 Å². The van der Waals surface area contributed by atoms with Gasteiger partial charge in [0.15, 0.2) is 0 Å². The minimum atomic E-state index is -1.77. The van der Waals surface area contributed by atoms with Gasteiger partial charge in [-0.05, 0) is 5.54 Å². The summed E-state index contributed by atoms with van der Waals surface area (Å²) in [6, 6.07) is 0. The zero-order valence-electron chi connectivity index (χ0n) is 3.98. The molecule has 0 aliphatic carbocycles. The molecule has 0 heterocycles. The predicted octanol–water partition coefficient (Wildman–Crippen LogP) is 0.848. The van der Waals surface area contributed by atoms with E-state index in [1.54, 1.807) is 0 Å². The van der Waals surface area contributed by atoms with Gasteiger partial charge in [-0.25, -0.2) is 0 Å². The summed E-state index contributed by atoms with van der Waals surface area (Å²) in [5, 5.41) is 0. The van der Waals surface area contributed by atoms with E-state index in [2.05, 4.69) is 0 Å². The largest absolute Gasteiger partial charge is 0.422 e. The summed E-state index contributed by atoms with van der Waals surface area (Å²) in [6.45, 7) is 3.84. The van der Waals surface area contributed by atoms with Crippen LogP contribution in [-0.2, 0) is 0 Å². The van der Waals surface area contributed by atoms with Crippen LogP contribution in [0.2, 0.25) is 5.54 Å². The van der Waals surface area contributed by atoms with Crippen molar-refractivity contribution in [3.63, 3.8) is 0 Å². The van der Waals surface area contributed by atoms with Gasteiger partial charge in [-0.3, -0.25) is 0 Å². The molecule has 1 nitrogen and oxygen atoms in total. The highest BCUT2D eigenvalue weighted by Crippen LogP contribution is 2.05. The van der Waals surface area contributed by atoms with E-state index >= 15 is 0 Å². The highest BCUT2D eigenvalue weighted by Gasteiger charge is 2.04. The molecular formula is C3H9ClOSi. The van der Waals surface area contributed by atoms with Crippen LogP contribution in [0.5, 0.6) is 0 Å². The average Bonchev–Trinajstić information content (AvgIpc) is 1.36. The van der Waals surface area contributed by atoms with Crippen molar-refractivity contribution >= 4 is 19.4 Å². The molecule has 0 aliphatic heterocycles. The van der Waals surface area contributed by atoms with Crippen molar-refractivity contribution in [3.8, 4) is 0 Å². The van der Waals surface area contributed by atoms with Gasteiger partial charge in [0.05, 0.1) is 0 Å². The second-order valence-corrected chi connectivity index (χ2v) is 5.04. The molecule has 1 N–H and O–H groups in total. The molecule has 0 rings (SSSR count). The molecule has 6 heavy (non-hydrogen) atoms. The first kappa shape index (κ1) is 6.47. The van der Waals surface area contributed by atoms with Crippen molar-refractivity contribution in [3.05, 3.63) is 0 Å². The van der Waals surface area contributed by atoms with Crippen molar-refractivity contribution in [2.75, 3.05) is 0 Å². The first-order valence-corrected chi connectivity index (χ1v) is 4.89. The Hall–Kier alpha value is 0.467. The average molecular weight is 125 g/mol. The predicted molar refractivity (Wildman–Crippen MR) is 30.3 cm³/mol. The zero-order chi connectivity index (χ0) is 5.15. The van der Waals surface area contributed by atoms with Crippen LogP contribution in [-0.4, -0.2) is 13.1 Å². The Morgan fingerprint density at radius 3 is 1.83 bits per heavy atom. The Bertz CT molecular complexity index is 31.8. The topological polar surface area (TPSA) is 20.2 Å². The van der Waals surface area contributed by atoms with Crippen molar-refractivity contribution < 1.29 is 4.80 Å². The molecular weight excluding hydrogens is 116 g/mol. The lowest BCUT2D eigenvalue weighted by Gasteiger charge is -1.98. The molecule has 0 saturated heterocycles. The molecule has 0 aromatic heterocycles. The molecule has 0 aromatic carbocycles. The highest BCUT2D eigenvalue weighted by molar-refractivity contribution is 7.03. The van der Waals surface area contributed by atoms with Crippen LogP contribution in [0.4, 0.5) is 0 Å². The highest BCUT2D eigenvalue weighted by atomic mass is 35.6. The van der Waals surface area contributed by atoms with Gasteiger partial charge in [-0.15, -0.1) is 11.1 Å². The van der Waals surface area contributed by atoms with Crippen LogP contribution in [0.1, 0.15) is 13.8 Å². The third-order valence-electron chi connectivity index (χ3n) is 0.550. The summed E-state index contributed by atoms with van der Waals surface area (Å²) in [6.07, 6.45) is 0. The van der Waals surface area contributed by atoms with Gasteiger partial charge in [0.25, 0.3) is 8.35 Å². The number of rotatable bonds is 1. The Morgan fingerprint density at radius 2 is 1.83 bits per heavy atom. The minimum absolute atomic E-state index is 0.312. The van der Waals surface area contributed by atoms with E-state index in [0.29, 0.717) is 5.54 Å². The normalized spacial score (nSPS) is 15.5. The molecule has 1 unspecified atom stereocenters. The number of hydrogen-bond donors (Lipinski definition) is 1. The second-order valence-electron chi connectivity index (χ2n) is 1.62. The summed E-state index contributed by atoms with van der Waals surface area (Å²) < 4.78 is 0. The summed E-state index contributed by atoms with van der Waals surface area (Å²) >= 11 is 5.31. The fourth-order valence-electron chi connectivity index (χ4n) is 0. The van der Waals surface area contributed by atoms with E-state index in [9.17, 15) is 0 Å².